The van der Waals surface area contributed by atoms with E-state index in [0.29, 0.717) is 19.1 Å². The molecule has 0 saturated heterocycles. The number of benzene rings is 1. The van der Waals surface area contributed by atoms with Crippen LogP contribution in [-0.4, -0.2) is 26.8 Å². The molecule has 108 valence electrons. The first-order valence-corrected chi connectivity index (χ1v) is 7.85. The lowest BCUT2D eigenvalue weighted by Crippen LogP contribution is -2.08. The molecule has 0 saturated carbocycles. The number of tetrazole rings is 1. The van der Waals surface area contributed by atoms with Gasteiger partial charge in [0, 0.05) is 13.1 Å². The standard InChI is InChI=1S/C12H15Br2N5O/c1-3-19-12(16-17-18-19)15-7-8-5-9(13)11(20-4-2)10(14)6-8/h5-6H,3-4,7H2,1-2H3,(H,15,16,18). The maximum absolute atomic E-state index is 5.56. The zero-order valence-electron chi connectivity index (χ0n) is 11.2. The Kier molecular flexibility index (Phi) is 5.36. The van der Waals surface area contributed by atoms with Gasteiger partial charge in [0.1, 0.15) is 5.75 Å². The number of nitrogens with zero attached hydrogens (tertiary/aromatic N) is 4. The quantitative estimate of drug-likeness (QED) is 0.800. The molecule has 1 N–H and O–H groups in total. The van der Waals surface area contributed by atoms with Crippen molar-refractivity contribution in [3.05, 3.63) is 26.6 Å². The molecule has 2 aromatic rings. The van der Waals surface area contributed by atoms with Crippen LogP contribution in [0.3, 0.4) is 0 Å². The molecule has 6 nitrogen and oxygen atoms in total. The minimum Gasteiger partial charge on any atom is -0.492 e. The molecule has 0 aliphatic rings. The number of halogens is 2. The van der Waals surface area contributed by atoms with Crippen molar-refractivity contribution in [2.45, 2.75) is 26.9 Å². The van der Waals surface area contributed by atoms with Gasteiger partial charge in [0.05, 0.1) is 15.6 Å². The van der Waals surface area contributed by atoms with Gasteiger partial charge >= 0.3 is 0 Å². The number of rotatable bonds is 6. The zero-order chi connectivity index (χ0) is 14.5. The van der Waals surface area contributed by atoms with Gasteiger partial charge in [-0.2, -0.15) is 0 Å². The van der Waals surface area contributed by atoms with E-state index in [1.54, 1.807) is 4.68 Å². The summed E-state index contributed by atoms with van der Waals surface area (Å²) in [5, 5.41) is 14.7. The Hall–Kier alpha value is -1.15. The zero-order valence-corrected chi connectivity index (χ0v) is 14.4. The number of hydrogen-bond donors (Lipinski definition) is 1. The third-order valence-corrected chi connectivity index (χ3v) is 3.81. The molecule has 0 bridgehead atoms. The topological polar surface area (TPSA) is 64.9 Å². The fourth-order valence-electron chi connectivity index (χ4n) is 1.72. The largest absolute Gasteiger partial charge is 0.492 e. The molecule has 0 amide bonds. The molecule has 2 rings (SSSR count). The second-order valence-corrected chi connectivity index (χ2v) is 5.70. The SMILES string of the molecule is CCOc1c(Br)cc(CNc2nnnn2CC)cc1Br. The van der Waals surface area contributed by atoms with Crippen LogP contribution in [0.2, 0.25) is 0 Å². The van der Waals surface area contributed by atoms with Crippen LogP contribution < -0.4 is 10.1 Å². The second kappa shape index (κ2) is 7.03. The lowest BCUT2D eigenvalue weighted by atomic mass is 10.2. The molecule has 1 aromatic heterocycles. The summed E-state index contributed by atoms with van der Waals surface area (Å²) in [5.41, 5.74) is 1.10. The summed E-state index contributed by atoms with van der Waals surface area (Å²) in [6, 6.07) is 4.03. The first-order chi connectivity index (χ1) is 9.65. The van der Waals surface area contributed by atoms with E-state index < -0.39 is 0 Å². The smallest absolute Gasteiger partial charge is 0.243 e. The number of anilines is 1. The van der Waals surface area contributed by atoms with Gasteiger partial charge in [-0.05, 0) is 73.8 Å². The summed E-state index contributed by atoms with van der Waals surface area (Å²) in [6.07, 6.45) is 0. The summed E-state index contributed by atoms with van der Waals surface area (Å²) in [4.78, 5) is 0. The molecular weight excluding hydrogens is 390 g/mol. The van der Waals surface area contributed by atoms with Crippen molar-refractivity contribution in [2.75, 3.05) is 11.9 Å². The summed E-state index contributed by atoms with van der Waals surface area (Å²) in [5.74, 6) is 1.48. The predicted octanol–water partition coefficient (Wildman–Crippen LogP) is 3.23. The average Bonchev–Trinajstić information content (AvgIpc) is 2.88. The molecular formula is C12H15Br2N5O. The molecule has 8 heteroatoms. The monoisotopic (exact) mass is 403 g/mol. The van der Waals surface area contributed by atoms with Crippen LogP contribution in [-0.2, 0) is 13.1 Å². The molecule has 0 fully saturated rings. The van der Waals surface area contributed by atoms with Crippen molar-refractivity contribution < 1.29 is 4.74 Å². The molecule has 0 unspecified atom stereocenters. The van der Waals surface area contributed by atoms with E-state index in [0.717, 1.165) is 26.8 Å². The lowest BCUT2D eigenvalue weighted by molar-refractivity contribution is 0.336. The highest BCUT2D eigenvalue weighted by Gasteiger charge is 2.09. The Balaban J connectivity index is 2.10. The molecule has 0 aliphatic carbocycles. The van der Waals surface area contributed by atoms with Gasteiger partial charge < -0.3 is 10.1 Å². The normalized spacial score (nSPS) is 10.6. The van der Waals surface area contributed by atoms with Crippen LogP contribution in [0.1, 0.15) is 19.4 Å². The van der Waals surface area contributed by atoms with Crippen molar-refractivity contribution >= 4 is 37.8 Å². The van der Waals surface area contributed by atoms with E-state index in [9.17, 15) is 0 Å². The number of aromatic nitrogens is 4. The number of ether oxygens (including phenoxy) is 1. The van der Waals surface area contributed by atoms with Crippen molar-refractivity contribution in [1.82, 2.24) is 20.2 Å². The van der Waals surface area contributed by atoms with E-state index in [-0.39, 0.29) is 0 Å². The minimum atomic E-state index is 0.625. The van der Waals surface area contributed by atoms with Gasteiger partial charge in [-0.3, -0.25) is 0 Å². The fraction of sp³-hybridized carbons (Fsp3) is 0.417. The fourth-order valence-corrected chi connectivity index (χ4v) is 3.23. The minimum absolute atomic E-state index is 0.625. The third-order valence-electron chi connectivity index (χ3n) is 2.63. The maximum Gasteiger partial charge on any atom is 0.243 e. The number of nitrogens with one attached hydrogen (secondary N) is 1. The van der Waals surface area contributed by atoms with Gasteiger partial charge in [0.25, 0.3) is 0 Å². The first kappa shape index (κ1) is 15.2. The summed E-state index contributed by atoms with van der Waals surface area (Å²) >= 11 is 7.04. The second-order valence-electron chi connectivity index (χ2n) is 3.99. The Morgan fingerprint density at radius 1 is 1.25 bits per heavy atom. The van der Waals surface area contributed by atoms with Crippen LogP contribution in [0.15, 0.2) is 21.1 Å². The van der Waals surface area contributed by atoms with E-state index in [1.807, 2.05) is 26.0 Å². The molecule has 0 aliphatic heterocycles. The average molecular weight is 405 g/mol. The van der Waals surface area contributed by atoms with Gasteiger partial charge in [0.15, 0.2) is 0 Å². The number of hydrogen-bond acceptors (Lipinski definition) is 5. The van der Waals surface area contributed by atoms with Crippen LogP contribution in [0.5, 0.6) is 5.75 Å². The number of aryl methyl sites for hydroxylation is 1. The predicted molar refractivity (Wildman–Crippen MR) is 83.8 cm³/mol. The van der Waals surface area contributed by atoms with Crippen molar-refractivity contribution in [1.29, 1.82) is 0 Å². The van der Waals surface area contributed by atoms with Crippen molar-refractivity contribution in [3.8, 4) is 5.75 Å². The highest BCUT2D eigenvalue weighted by molar-refractivity contribution is 9.11. The van der Waals surface area contributed by atoms with Gasteiger partial charge in [-0.1, -0.05) is 5.10 Å². The molecule has 20 heavy (non-hydrogen) atoms. The molecule has 0 spiro atoms. The van der Waals surface area contributed by atoms with Crippen LogP contribution in [0.25, 0.3) is 0 Å². The highest BCUT2D eigenvalue weighted by atomic mass is 79.9. The van der Waals surface area contributed by atoms with E-state index in [4.69, 9.17) is 4.74 Å². The summed E-state index contributed by atoms with van der Waals surface area (Å²) in [7, 11) is 0. The summed E-state index contributed by atoms with van der Waals surface area (Å²) < 4.78 is 9.10. The summed E-state index contributed by atoms with van der Waals surface area (Å²) in [6.45, 7) is 5.93. The molecule has 0 radical (unpaired) electrons. The van der Waals surface area contributed by atoms with Gasteiger partial charge in [-0.15, -0.1) is 0 Å². The highest BCUT2D eigenvalue weighted by Crippen LogP contribution is 2.34. The van der Waals surface area contributed by atoms with E-state index >= 15 is 0 Å². The third kappa shape index (κ3) is 3.49. The van der Waals surface area contributed by atoms with Crippen LogP contribution in [0.4, 0.5) is 5.95 Å². The molecule has 1 heterocycles. The Morgan fingerprint density at radius 3 is 2.55 bits per heavy atom. The van der Waals surface area contributed by atoms with Crippen LogP contribution in [0, 0.1) is 0 Å². The van der Waals surface area contributed by atoms with Gasteiger partial charge in [0.2, 0.25) is 5.95 Å². The Bertz CT molecular complexity index is 564. The molecule has 0 atom stereocenters. The molecule has 1 aromatic carbocycles. The Labute approximate surface area is 134 Å². The van der Waals surface area contributed by atoms with Gasteiger partial charge in [-0.25, -0.2) is 4.68 Å². The van der Waals surface area contributed by atoms with E-state index in [1.165, 1.54) is 0 Å². The van der Waals surface area contributed by atoms with Crippen LogP contribution >= 0.6 is 31.9 Å². The Morgan fingerprint density at radius 2 is 1.95 bits per heavy atom. The maximum atomic E-state index is 5.56. The van der Waals surface area contributed by atoms with Crippen molar-refractivity contribution in [2.24, 2.45) is 0 Å². The van der Waals surface area contributed by atoms with E-state index in [2.05, 4.69) is 52.7 Å². The van der Waals surface area contributed by atoms with Crippen molar-refractivity contribution in [3.63, 3.8) is 0 Å². The first-order valence-electron chi connectivity index (χ1n) is 6.26. The lowest BCUT2D eigenvalue weighted by Gasteiger charge is -2.11.